The Morgan fingerprint density at radius 2 is 2.08 bits per heavy atom. The number of alkyl halides is 3. The lowest BCUT2D eigenvalue weighted by Crippen LogP contribution is -2.33. The summed E-state index contributed by atoms with van der Waals surface area (Å²) in [5.41, 5.74) is 0.285. The summed E-state index contributed by atoms with van der Waals surface area (Å²) in [4.78, 5) is 18.9. The van der Waals surface area contributed by atoms with Gasteiger partial charge in [-0.3, -0.25) is 15.0 Å². The van der Waals surface area contributed by atoms with Gasteiger partial charge < -0.3 is 0 Å². The molecule has 2 heterocycles. The molecular weight excluding hydrogens is 363 g/mol. The first kappa shape index (κ1) is 18.8. The first-order valence-corrected chi connectivity index (χ1v) is 9.34. The largest absolute Gasteiger partial charge is 0.416 e. The highest BCUT2D eigenvalue weighted by Gasteiger charge is 2.30. The van der Waals surface area contributed by atoms with E-state index in [0.29, 0.717) is 11.0 Å². The number of hydrogen-bond donors (Lipinski definition) is 1. The van der Waals surface area contributed by atoms with Crippen molar-refractivity contribution in [1.82, 2.24) is 9.88 Å². The molecule has 140 valence electrons. The van der Waals surface area contributed by atoms with Crippen LogP contribution in [0.15, 0.2) is 29.6 Å². The van der Waals surface area contributed by atoms with Gasteiger partial charge in [0.15, 0.2) is 5.13 Å². The molecule has 0 bridgehead atoms. The standard InChI is InChI=1S/C18H20F3N3OS/c1-12-3-2-8-24(9-12)10-15-11-26-17(22-15)23-16(25)13-4-6-14(7-5-13)18(19,20)21/h4-7,11-12H,2-3,8-10H2,1H3,(H,22,23,25). The van der Waals surface area contributed by atoms with Gasteiger partial charge in [-0.15, -0.1) is 11.3 Å². The number of aromatic nitrogens is 1. The Morgan fingerprint density at radius 3 is 2.73 bits per heavy atom. The van der Waals surface area contributed by atoms with Gasteiger partial charge in [-0.05, 0) is 49.6 Å². The minimum atomic E-state index is -4.41. The van der Waals surface area contributed by atoms with Gasteiger partial charge in [0.05, 0.1) is 11.3 Å². The second-order valence-corrected chi connectivity index (χ2v) is 7.51. The number of piperidine rings is 1. The van der Waals surface area contributed by atoms with Crippen LogP contribution in [0.5, 0.6) is 0 Å². The van der Waals surface area contributed by atoms with E-state index in [-0.39, 0.29) is 5.56 Å². The number of carbonyl (C=O) groups is 1. The normalized spacial score (nSPS) is 18.7. The molecule has 26 heavy (non-hydrogen) atoms. The number of nitrogens with zero attached hydrogens (tertiary/aromatic N) is 2. The van der Waals surface area contributed by atoms with Crippen molar-refractivity contribution >= 4 is 22.4 Å². The van der Waals surface area contributed by atoms with Crippen molar-refractivity contribution < 1.29 is 18.0 Å². The molecule has 1 unspecified atom stereocenters. The van der Waals surface area contributed by atoms with E-state index < -0.39 is 17.6 Å². The molecule has 0 aliphatic carbocycles. The highest BCUT2D eigenvalue weighted by Crippen LogP contribution is 2.29. The number of benzene rings is 1. The van der Waals surface area contributed by atoms with Crippen molar-refractivity contribution in [2.24, 2.45) is 5.92 Å². The van der Waals surface area contributed by atoms with Gasteiger partial charge in [0, 0.05) is 24.0 Å². The van der Waals surface area contributed by atoms with Crippen LogP contribution in [-0.4, -0.2) is 28.9 Å². The quantitative estimate of drug-likeness (QED) is 0.836. The van der Waals surface area contributed by atoms with Crippen LogP contribution >= 0.6 is 11.3 Å². The molecule has 0 saturated carbocycles. The summed E-state index contributed by atoms with van der Waals surface area (Å²) >= 11 is 1.32. The predicted octanol–water partition coefficient (Wildman–Crippen LogP) is 4.65. The van der Waals surface area contributed by atoms with E-state index in [1.54, 1.807) is 0 Å². The molecule has 1 N–H and O–H groups in total. The van der Waals surface area contributed by atoms with Crippen LogP contribution in [0.1, 0.15) is 41.4 Å². The number of carbonyl (C=O) groups excluding carboxylic acids is 1. The molecular formula is C18H20F3N3OS. The second kappa shape index (κ2) is 7.75. The van der Waals surface area contributed by atoms with Crippen LogP contribution in [0, 0.1) is 5.92 Å². The Kier molecular flexibility index (Phi) is 5.62. The predicted molar refractivity (Wildman–Crippen MR) is 95.2 cm³/mol. The molecule has 3 rings (SSSR count). The minimum Gasteiger partial charge on any atom is -0.298 e. The second-order valence-electron chi connectivity index (χ2n) is 6.66. The van der Waals surface area contributed by atoms with Gasteiger partial charge >= 0.3 is 6.18 Å². The number of rotatable bonds is 4. The Bertz CT molecular complexity index is 758. The average molecular weight is 383 g/mol. The van der Waals surface area contributed by atoms with Crippen molar-refractivity contribution in [3.63, 3.8) is 0 Å². The van der Waals surface area contributed by atoms with Crippen LogP contribution < -0.4 is 5.32 Å². The van der Waals surface area contributed by atoms with Gasteiger partial charge in [-0.1, -0.05) is 6.92 Å². The molecule has 1 saturated heterocycles. The summed E-state index contributed by atoms with van der Waals surface area (Å²) in [5, 5.41) is 5.01. The van der Waals surface area contributed by atoms with Crippen molar-refractivity contribution in [3.05, 3.63) is 46.5 Å². The third-order valence-electron chi connectivity index (χ3n) is 4.37. The van der Waals surface area contributed by atoms with E-state index in [4.69, 9.17) is 0 Å². The number of nitrogens with one attached hydrogen (secondary N) is 1. The number of likely N-dealkylation sites (tertiary alicyclic amines) is 1. The number of amides is 1. The van der Waals surface area contributed by atoms with Gasteiger partial charge in [0.1, 0.15) is 0 Å². The van der Waals surface area contributed by atoms with Gasteiger partial charge in [0.25, 0.3) is 5.91 Å². The van der Waals surface area contributed by atoms with Crippen molar-refractivity contribution in [3.8, 4) is 0 Å². The zero-order chi connectivity index (χ0) is 18.7. The molecule has 1 aliphatic rings. The molecule has 4 nitrogen and oxygen atoms in total. The van der Waals surface area contributed by atoms with E-state index in [1.165, 1.54) is 36.3 Å². The summed E-state index contributed by atoms with van der Waals surface area (Å²) in [6.07, 6.45) is -1.98. The fraction of sp³-hybridized carbons (Fsp3) is 0.444. The van der Waals surface area contributed by atoms with E-state index in [2.05, 4.69) is 22.1 Å². The van der Waals surface area contributed by atoms with Crippen molar-refractivity contribution in [1.29, 1.82) is 0 Å². The molecule has 2 aromatic rings. The number of thiazole rings is 1. The van der Waals surface area contributed by atoms with Crippen LogP contribution in [-0.2, 0) is 12.7 Å². The highest BCUT2D eigenvalue weighted by molar-refractivity contribution is 7.13. The maximum Gasteiger partial charge on any atom is 0.416 e. The molecule has 0 spiro atoms. The van der Waals surface area contributed by atoms with Crippen LogP contribution in [0.25, 0.3) is 0 Å². The lowest BCUT2D eigenvalue weighted by atomic mass is 10.0. The molecule has 1 aliphatic heterocycles. The lowest BCUT2D eigenvalue weighted by molar-refractivity contribution is -0.137. The highest BCUT2D eigenvalue weighted by atomic mass is 32.1. The smallest absolute Gasteiger partial charge is 0.298 e. The minimum absolute atomic E-state index is 0.166. The molecule has 1 aromatic heterocycles. The zero-order valence-electron chi connectivity index (χ0n) is 14.3. The monoisotopic (exact) mass is 383 g/mol. The zero-order valence-corrected chi connectivity index (χ0v) is 15.2. The fourth-order valence-electron chi connectivity index (χ4n) is 3.08. The van der Waals surface area contributed by atoms with Crippen molar-refractivity contribution in [2.45, 2.75) is 32.5 Å². The number of halogens is 3. The van der Waals surface area contributed by atoms with Gasteiger partial charge in [-0.25, -0.2) is 4.98 Å². The van der Waals surface area contributed by atoms with Gasteiger partial charge in [-0.2, -0.15) is 13.2 Å². The molecule has 8 heteroatoms. The fourth-order valence-corrected chi connectivity index (χ4v) is 3.77. The Morgan fingerprint density at radius 1 is 1.35 bits per heavy atom. The van der Waals surface area contributed by atoms with Crippen LogP contribution in [0.2, 0.25) is 0 Å². The summed E-state index contributed by atoms with van der Waals surface area (Å²) in [5.74, 6) is 0.215. The van der Waals surface area contributed by atoms with Crippen LogP contribution in [0.4, 0.5) is 18.3 Å². The van der Waals surface area contributed by atoms with E-state index in [9.17, 15) is 18.0 Å². The first-order chi connectivity index (χ1) is 12.3. The topological polar surface area (TPSA) is 45.2 Å². The molecule has 1 aromatic carbocycles. The maximum absolute atomic E-state index is 12.6. The third-order valence-corrected chi connectivity index (χ3v) is 5.18. The van der Waals surface area contributed by atoms with E-state index in [0.717, 1.165) is 37.5 Å². The Hall–Kier alpha value is -1.93. The average Bonchev–Trinajstić information content (AvgIpc) is 3.01. The Labute approximate surface area is 154 Å². The summed E-state index contributed by atoms with van der Waals surface area (Å²) in [6, 6.07) is 4.14. The summed E-state index contributed by atoms with van der Waals surface area (Å²) in [7, 11) is 0. The maximum atomic E-state index is 12.6. The lowest BCUT2D eigenvalue weighted by Gasteiger charge is -2.30. The summed E-state index contributed by atoms with van der Waals surface area (Å²) < 4.78 is 37.7. The van der Waals surface area contributed by atoms with Gasteiger partial charge in [0.2, 0.25) is 0 Å². The third kappa shape index (κ3) is 4.82. The molecule has 0 radical (unpaired) electrons. The first-order valence-electron chi connectivity index (χ1n) is 8.46. The van der Waals surface area contributed by atoms with Crippen molar-refractivity contribution in [2.75, 3.05) is 18.4 Å². The molecule has 1 atom stereocenters. The molecule has 1 amide bonds. The molecule has 1 fully saturated rings. The SMILES string of the molecule is CC1CCCN(Cc2csc(NC(=O)c3ccc(C(F)(F)F)cc3)n2)C1. The number of hydrogen-bond acceptors (Lipinski definition) is 4. The van der Waals surface area contributed by atoms with E-state index in [1.807, 2.05) is 5.38 Å². The van der Waals surface area contributed by atoms with Crippen LogP contribution in [0.3, 0.4) is 0 Å². The summed E-state index contributed by atoms with van der Waals surface area (Å²) in [6.45, 7) is 5.08. The van der Waals surface area contributed by atoms with E-state index >= 15 is 0 Å². The Balaban J connectivity index is 1.59. The number of anilines is 1.